The second kappa shape index (κ2) is 10.2. The van der Waals surface area contributed by atoms with Crippen LogP contribution in [0.3, 0.4) is 0 Å². The number of carbonyl (C=O) groups excluding carboxylic acids is 1. The van der Waals surface area contributed by atoms with Gasteiger partial charge in [-0.3, -0.25) is 4.79 Å². The van der Waals surface area contributed by atoms with Crippen molar-refractivity contribution in [2.45, 2.75) is 32.0 Å². The summed E-state index contributed by atoms with van der Waals surface area (Å²) in [6.07, 6.45) is -2.96. The molecule has 0 bridgehead atoms. The first-order chi connectivity index (χ1) is 18.3. The standard InChI is InChI=1S/C26H20F4N4O4/c1-2-37-20-8-6-15(11-31-20)21(22(35)13-5-7-18(27)19(28)10-13)34-12-16-4-3-14(9-17(16)26(34)36)24-32-33-25(38-24)23(29)30/h3-11,21-23,35H,2,12H2,1H3/t21-,22+/m1/s1. The number of aliphatic hydroxyl groups is 1. The van der Waals surface area contributed by atoms with Gasteiger partial charge in [0.05, 0.1) is 12.6 Å². The van der Waals surface area contributed by atoms with E-state index in [0.29, 0.717) is 23.6 Å². The van der Waals surface area contributed by atoms with E-state index >= 15 is 0 Å². The molecule has 5 rings (SSSR count). The molecule has 2 aromatic carbocycles. The minimum atomic E-state index is -2.94. The number of hydrogen-bond donors (Lipinski definition) is 1. The number of ether oxygens (including phenoxy) is 1. The Balaban J connectivity index is 1.51. The summed E-state index contributed by atoms with van der Waals surface area (Å²) in [7, 11) is 0. The minimum absolute atomic E-state index is 0.0534. The van der Waals surface area contributed by atoms with Crippen LogP contribution in [0.2, 0.25) is 0 Å². The fourth-order valence-corrected chi connectivity index (χ4v) is 4.33. The highest BCUT2D eigenvalue weighted by Crippen LogP contribution is 2.40. The van der Waals surface area contributed by atoms with Crippen molar-refractivity contribution >= 4 is 5.91 Å². The topological polar surface area (TPSA) is 102 Å². The molecule has 2 atom stereocenters. The number of rotatable bonds is 8. The van der Waals surface area contributed by atoms with Gasteiger partial charge in [-0.25, -0.2) is 13.8 Å². The lowest BCUT2D eigenvalue weighted by Crippen LogP contribution is -2.33. The summed E-state index contributed by atoms with van der Waals surface area (Å²) in [5.74, 6) is -3.40. The van der Waals surface area contributed by atoms with Gasteiger partial charge in [-0.1, -0.05) is 12.1 Å². The summed E-state index contributed by atoms with van der Waals surface area (Å²) < 4.78 is 63.7. The van der Waals surface area contributed by atoms with Crippen molar-refractivity contribution in [2.24, 2.45) is 0 Å². The van der Waals surface area contributed by atoms with E-state index in [4.69, 9.17) is 9.15 Å². The molecule has 0 unspecified atom stereocenters. The van der Waals surface area contributed by atoms with Gasteiger partial charge in [0, 0.05) is 29.9 Å². The van der Waals surface area contributed by atoms with E-state index in [1.54, 1.807) is 31.2 Å². The van der Waals surface area contributed by atoms with Gasteiger partial charge in [0.25, 0.3) is 11.8 Å². The van der Waals surface area contributed by atoms with Crippen molar-refractivity contribution in [2.75, 3.05) is 6.61 Å². The molecular formula is C26H20F4N4O4. The highest BCUT2D eigenvalue weighted by Gasteiger charge is 2.38. The van der Waals surface area contributed by atoms with Gasteiger partial charge in [-0.15, -0.1) is 10.2 Å². The highest BCUT2D eigenvalue weighted by molar-refractivity contribution is 5.99. The molecule has 1 amide bonds. The first kappa shape index (κ1) is 25.3. The maximum absolute atomic E-state index is 14.0. The molecule has 2 aromatic heterocycles. The van der Waals surface area contributed by atoms with Crippen LogP contribution in [0, 0.1) is 11.6 Å². The molecule has 8 nitrogen and oxygen atoms in total. The van der Waals surface area contributed by atoms with E-state index in [0.717, 1.165) is 12.1 Å². The predicted octanol–water partition coefficient (Wildman–Crippen LogP) is 5.18. The second-order valence-electron chi connectivity index (χ2n) is 8.48. The maximum atomic E-state index is 14.0. The van der Waals surface area contributed by atoms with Crippen LogP contribution in [-0.4, -0.2) is 37.7 Å². The third-order valence-electron chi connectivity index (χ3n) is 6.13. The van der Waals surface area contributed by atoms with Crippen LogP contribution < -0.4 is 4.74 Å². The number of amides is 1. The van der Waals surface area contributed by atoms with Crippen LogP contribution in [0.4, 0.5) is 17.6 Å². The van der Waals surface area contributed by atoms with Gasteiger partial charge in [-0.2, -0.15) is 8.78 Å². The summed E-state index contributed by atoms with van der Waals surface area (Å²) >= 11 is 0. The van der Waals surface area contributed by atoms with Crippen LogP contribution in [0.15, 0.2) is 59.1 Å². The number of carbonyl (C=O) groups is 1. The summed E-state index contributed by atoms with van der Waals surface area (Å²) in [6, 6.07) is 9.77. The fraction of sp³-hybridized carbons (Fsp3) is 0.231. The molecular weight excluding hydrogens is 508 g/mol. The van der Waals surface area contributed by atoms with E-state index in [-0.39, 0.29) is 29.1 Å². The SMILES string of the molecule is CCOc1ccc([C@H]([C@@H](O)c2ccc(F)c(F)c2)N2Cc3ccc(-c4nnc(C(F)F)o4)cc3C2=O)cn1. The van der Waals surface area contributed by atoms with Crippen LogP contribution in [0.5, 0.6) is 5.88 Å². The van der Waals surface area contributed by atoms with Gasteiger partial charge in [-0.05, 0) is 53.9 Å². The molecule has 0 aliphatic carbocycles. The molecule has 1 aliphatic heterocycles. The van der Waals surface area contributed by atoms with Crippen molar-refractivity contribution in [3.63, 3.8) is 0 Å². The molecule has 1 aliphatic rings. The molecule has 4 aromatic rings. The molecule has 0 saturated heterocycles. The Morgan fingerprint density at radius 3 is 2.50 bits per heavy atom. The molecule has 1 N–H and O–H groups in total. The molecule has 38 heavy (non-hydrogen) atoms. The van der Waals surface area contributed by atoms with Crippen LogP contribution >= 0.6 is 0 Å². The van der Waals surface area contributed by atoms with Gasteiger partial charge in [0.1, 0.15) is 6.10 Å². The zero-order chi connectivity index (χ0) is 27.0. The third kappa shape index (κ3) is 4.70. The number of alkyl halides is 2. The largest absolute Gasteiger partial charge is 0.478 e. The molecule has 0 saturated carbocycles. The Morgan fingerprint density at radius 1 is 1.05 bits per heavy atom. The summed E-state index contributed by atoms with van der Waals surface area (Å²) in [6.45, 7) is 2.25. The van der Waals surface area contributed by atoms with E-state index < -0.39 is 42.0 Å². The van der Waals surface area contributed by atoms with Gasteiger partial charge >= 0.3 is 6.43 Å². The fourth-order valence-electron chi connectivity index (χ4n) is 4.33. The number of fused-ring (bicyclic) bond motifs is 1. The van der Waals surface area contributed by atoms with E-state index in [9.17, 15) is 27.5 Å². The molecule has 196 valence electrons. The Labute approximate surface area is 213 Å². The van der Waals surface area contributed by atoms with Crippen LogP contribution in [0.25, 0.3) is 11.5 Å². The number of hydrogen-bond acceptors (Lipinski definition) is 7. The summed E-state index contributed by atoms with van der Waals surface area (Å²) in [5, 5.41) is 18.2. The zero-order valence-electron chi connectivity index (χ0n) is 19.8. The van der Waals surface area contributed by atoms with Crippen molar-refractivity contribution < 1.29 is 36.6 Å². The Morgan fingerprint density at radius 2 is 1.84 bits per heavy atom. The Kier molecular flexibility index (Phi) is 6.81. The average molecular weight is 528 g/mol. The molecule has 12 heteroatoms. The second-order valence-corrected chi connectivity index (χ2v) is 8.48. The highest BCUT2D eigenvalue weighted by atomic mass is 19.3. The Bertz CT molecular complexity index is 1480. The number of benzene rings is 2. The Hall–Kier alpha value is -4.32. The minimum Gasteiger partial charge on any atom is -0.478 e. The van der Waals surface area contributed by atoms with Crippen LogP contribution in [0.1, 0.15) is 58.4 Å². The smallest absolute Gasteiger partial charge is 0.314 e. The number of aliphatic hydroxyl groups excluding tert-OH is 1. The lowest BCUT2D eigenvalue weighted by molar-refractivity contribution is 0.0358. The monoisotopic (exact) mass is 528 g/mol. The number of aromatic nitrogens is 3. The molecule has 0 fully saturated rings. The van der Waals surface area contributed by atoms with Crippen molar-refractivity contribution in [1.29, 1.82) is 0 Å². The van der Waals surface area contributed by atoms with E-state index in [1.165, 1.54) is 23.2 Å². The third-order valence-corrected chi connectivity index (χ3v) is 6.13. The molecule has 3 heterocycles. The van der Waals surface area contributed by atoms with Crippen molar-refractivity contribution in [3.8, 4) is 17.3 Å². The summed E-state index contributed by atoms with van der Waals surface area (Å²) in [4.78, 5) is 19.2. The number of nitrogens with zero attached hydrogens (tertiary/aromatic N) is 4. The van der Waals surface area contributed by atoms with Gasteiger partial charge in [0.2, 0.25) is 11.8 Å². The first-order valence-electron chi connectivity index (χ1n) is 11.5. The summed E-state index contributed by atoms with van der Waals surface area (Å²) in [5.41, 5.74) is 1.57. The van der Waals surface area contributed by atoms with E-state index in [2.05, 4.69) is 15.2 Å². The molecule has 0 spiro atoms. The van der Waals surface area contributed by atoms with Gasteiger partial charge < -0.3 is 19.2 Å². The van der Waals surface area contributed by atoms with Crippen molar-refractivity contribution in [3.05, 3.63) is 94.5 Å². The lowest BCUT2D eigenvalue weighted by Gasteiger charge is -2.32. The van der Waals surface area contributed by atoms with Gasteiger partial charge in [0.15, 0.2) is 11.6 Å². The first-order valence-corrected chi connectivity index (χ1v) is 11.5. The zero-order valence-corrected chi connectivity index (χ0v) is 19.8. The quantitative estimate of drug-likeness (QED) is 0.315. The maximum Gasteiger partial charge on any atom is 0.314 e. The normalized spacial score (nSPS) is 14.6. The number of pyridine rings is 1. The van der Waals surface area contributed by atoms with E-state index in [1.807, 2.05) is 0 Å². The average Bonchev–Trinajstić information content (AvgIpc) is 3.53. The number of halogens is 4. The molecule has 0 radical (unpaired) electrons. The van der Waals surface area contributed by atoms with Crippen molar-refractivity contribution in [1.82, 2.24) is 20.1 Å². The van der Waals surface area contributed by atoms with Crippen LogP contribution in [-0.2, 0) is 6.54 Å². The lowest BCUT2D eigenvalue weighted by atomic mass is 9.95. The predicted molar refractivity (Wildman–Crippen MR) is 124 cm³/mol.